The number of carbonyl (C=O) groups is 2. The number of carbonyl (C=O) groups excluding carboxylic acids is 2. The zero-order valence-corrected chi connectivity index (χ0v) is 18.1. The van der Waals surface area contributed by atoms with Crippen molar-refractivity contribution in [3.8, 4) is 11.5 Å². The summed E-state index contributed by atoms with van der Waals surface area (Å²) in [6.07, 6.45) is 0.756. The normalized spacial score (nSPS) is 21.2. The molecule has 0 bridgehead atoms. The van der Waals surface area contributed by atoms with Crippen LogP contribution in [0, 0.1) is 0 Å². The van der Waals surface area contributed by atoms with Gasteiger partial charge in [-0.3, -0.25) is 9.59 Å². The standard InChI is InChI=1S/C27H23NO5/c1-16-13-20-14-19(9-12-22(20)33-16)25(30)23-24(18-7-10-21(29)11-8-18)28(27(32)26(23)31)15-17-5-3-2-4-6-17/h2-12,14,16,24,29-30H,13,15H2,1H3/b25-23+/t16-,24-/m1/s1. The Kier molecular flexibility index (Phi) is 5.13. The number of likely N-dealkylation sites (tertiary alicyclic amines) is 1. The molecule has 166 valence electrons. The van der Waals surface area contributed by atoms with Crippen molar-refractivity contribution in [3.05, 3.63) is 101 Å². The summed E-state index contributed by atoms with van der Waals surface area (Å²) in [5.74, 6) is -0.780. The molecule has 2 aliphatic rings. The van der Waals surface area contributed by atoms with E-state index < -0.39 is 17.7 Å². The van der Waals surface area contributed by atoms with Crippen molar-refractivity contribution >= 4 is 17.4 Å². The fourth-order valence-corrected chi connectivity index (χ4v) is 4.55. The molecule has 2 N–H and O–H groups in total. The number of hydrogen-bond acceptors (Lipinski definition) is 5. The first-order valence-corrected chi connectivity index (χ1v) is 10.8. The van der Waals surface area contributed by atoms with Crippen LogP contribution in [0.3, 0.4) is 0 Å². The van der Waals surface area contributed by atoms with Crippen LogP contribution in [-0.2, 0) is 22.6 Å². The van der Waals surface area contributed by atoms with Crippen LogP contribution < -0.4 is 4.74 Å². The van der Waals surface area contributed by atoms with Gasteiger partial charge in [-0.05, 0) is 53.9 Å². The van der Waals surface area contributed by atoms with Crippen LogP contribution in [-0.4, -0.2) is 32.9 Å². The Bertz CT molecular complexity index is 1260. The summed E-state index contributed by atoms with van der Waals surface area (Å²) < 4.78 is 5.74. The number of rotatable bonds is 4. The van der Waals surface area contributed by atoms with Gasteiger partial charge in [-0.2, -0.15) is 0 Å². The average Bonchev–Trinajstić information content (AvgIpc) is 3.31. The van der Waals surface area contributed by atoms with Gasteiger partial charge in [0.25, 0.3) is 11.7 Å². The fraction of sp³-hybridized carbons (Fsp3) is 0.185. The van der Waals surface area contributed by atoms with Crippen molar-refractivity contribution in [1.29, 1.82) is 0 Å². The Morgan fingerprint density at radius 2 is 1.76 bits per heavy atom. The van der Waals surface area contributed by atoms with Crippen LogP contribution in [0.4, 0.5) is 0 Å². The van der Waals surface area contributed by atoms with Gasteiger partial charge in [0, 0.05) is 18.5 Å². The summed E-state index contributed by atoms with van der Waals surface area (Å²) in [6, 6.07) is 20.2. The summed E-state index contributed by atoms with van der Waals surface area (Å²) in [6.45, 7) is 2.18. The van der Waals surface area contributed by atoms with Crippen molar-refractivity contribution < 1.29 is 24.5 Å². The number of ether oxygens (including phenoxy) is 1. The van der Waals surface area contributed by atoms with Crippen molar-refractivity contribution in [1.82, 2.24) is 4.90 Å². The first kappa shape index (κ1) is 20.8. The van der Waals surface area contributed by atoms with Gasteiger partial charge in [-0.15, -0.1) is 0 Å². The molecule has 3 aromatic carbocycles. The Morgan fingerprint density at radius 1 is 1.03 bits per heavy atom. The van der Waals surface area contributed by atoms with Crippen molar-refractivity contribution in [2.75, 3.05) is 0 Å². The number of aliphatic hydroxyl groups excluding tert-OH is 1. The van der Waals surface area contributed by atoms with Crippen LogP contribution >= 0.6 is 0 Å². The molecule has 2 aliphatic heterocycles. The van der Waals surface area contributed by atoms with Crippen molar-refractivity contribution in [2.24, 2.45) is 0 Å². The molecule has 6 heteroatoms. The van der Waals surface area contributed by atoms with Gasteiger partial charge in [-0.1, -0.05) is 42.5 Å². The zero-order valence-electron chi connectivity index (χ0n) is 18.1. The molecule has 0 spiro atoms. The molecule has 6 nitrogen and oxygen atoms in total. The third kappa shape index (κ3) is 3.74. The lowest BCUT2D eigenvalue weighted by Crippen LogP contribution is -2.29. The van der Waals surface area contributed by atoms with Crippen molar-refractivity contribution in [3.63, 3.8) is 0 Å². The summed E-state index contributed by atoms with van der Waals surface area (Å²) in [5, 5.41) is 21.0. The van der Waals surface area contributed by atoms with Gasteiger partial charge < -0.3 is 19.8 Å². The first-order chi connectivity index (χ1) is 15.9. The van der Waals surface area contributed by atoms with E-state index in [-0.39, 0.29) is 29.7 Å². The van der Waals surface area contributed by atoms with Gasteiger partial charge in [0.1, 0.15) is 23.4 Å². The van der Waals surface area contributed by atoms with Crippen LogP contribution in [0.5, 0.6) is 11.5 Å². The van der Waals surface area contributed by atoms with E-state index in [2.05, 4.69) is 0 Å². The predicted molar refractivity (Wildman–Crippen MR) is 123 cm³/mol. The van der Waals surface area contributed by atoms with Crippen molar-refractivity contribution in [2.45, 2.75) is 32.0 Å². The second-order valence-corrected chi connectivity index (χ2v) is 8.46. The summed E-state index contributed by atoms with van der Waals surface area (Å²) in [5.41, 5.74) is 2.95. The number of ketones is 1. The largest absolute Gasteiger partial charge is 0.508 e. The number of nitrogens with zero attached hydrogens (tertiary/aromatic N) is 1. The molecule has 1 fully saturated rings. The Labute approximate surface area is 191 Å². The van der Waals surface area contributed by atoms with Crippen LogP contribution in [0.25, 0.3) is 5.76 Å². The van der Waals surface area contributed by atoms with Gasteiger partial charge in [-0.25, -0.2) is 0 Å². The van der Waals surface area contributed by atoms with Gasteiger partial charge in [0.15, 0.2) is 0 Å². The molecule has 33 heavy (non-hydrogen) atoms. The highest BCUT2D eigenvalue weighted by Crippen LogP contribution is 2.41. The molecule has 1 saturated heterocycles. The zero-order chi connectivity index (χ0) is 23.1. The first-order valence-electron chi connectivity index (χ1n) is 10.8. The topological polar surface area (TPSA) is 87.1 Å². The predicted octanol–water partition coefficient (Wildman–Crippen LogP) is 4.34. The molecule has 0 saturated carbocycles. The maximum atomic E-state index is 13.2. The summed E-state index contributed by atoms with van der Waals surface area (Å²) >= 11 is 0. The smallest absolute Gasteiger partial charge is 0.295 e. The van der Waals surface area contributed by atoms with E-state index in [1.165, 1.54) is 17.0 Å². The van der Waals surface area contributed by atoms with Crippen LogP contribution in [0.2, 0.25) is 0 Å². The number of Topliss-reactive ketones (excluding diaryl/α,β-unsaturated/α-hetero) is 1. The minimum atomic E-state index is -0.783. The number of hydrogen-bond donors (Lipinski definition) is 2. The SMILES string of the molecule is C[C@@H]1Cc2cc(/C(O)=C3\C(=O)C(=O)N(Cc4ccccc4)[C@@H]3c3ccc(O)cc3)ccc2O1. The monoisotopic (exact) mass is 441 g/mol. The number of fused-ring (bicyclic) bond motifs is 1. The molecule has 2 atom stereocenters. The lowest BCUT2D eigenvalue weighted by molar-refractivity contribution is -0.140. The second kappa shape index (κ2) is 8.13. The Balaban J connectivity index is 1.62. The van der Waals surface area contributed by atoms with Gasteiger partial charge in [0.2, 0.25) is 0 Å². The highest BCUT2D eigenvalue weighted by Gasteiger charge is 2.46. The molecule has 5 rings (SSSR count). The molecule has 0 aromatic heterocycles. The summed E-state index contributed by atoms with van der Waals surface area (Å²) in [4.78, 5) is 27.7. The molecule has 0 aliphatic carbocycles. The molecule has 0 radical (unpaired) electrons. The van der Waals surface area contributed by atoms with E-state index >= 15 is 0 Å². The number of aromatic hydroxyl groups is 1. The van der Waals surface area contributed by atoms with Crippen LogP contribution in [0.1, 0.15) is 35.2 Å². The second-order valence-electron chi connectivity index (χ2n) is 8.46. The molecule has 0 unspecified atom stereocenters. The maximum Gasteiger partial charge on any atom is 0.295 e. The van der Waals surface area contributed by atoms with E-state index in [4.69, 9.17) is 4.74 Å². The number of phenolic OH excluding ortho intramolecular Hbond substituents is 1. The fourth-order valence-electron chi connectivity index (χ4n) is 4.55. The van der Waals surface area contributed by atoms with E-state index in [9.17, 15) is 19.8 Å². The Morgan fingerprint density at radius 3 is 2.48 bits per heavy atom. The molecular weight excluding hydrogens is 418 g/mol. The lowest BCUT2D eigenvalue weighted by atomic mass is 9.94. The third-order valence-corrected chi connectivity index (χ3v) is 6.11. The van der Waals surface area contributed by atoms with Gasteiger partial charge in [0.05, 0.1) is 11.6 Å². The third-order valence-electron chi connectivity index (χ3n) is 6.11. The Hall–Kier alpha value is -4.06. The van der Waals surface area contributed by atoms with E-state index in [0.717, 1.165) is 16.9 Å². The minimum Gasteiger partial charge on any atom is -0.508 e. The molecule has 2 heterocycles. The number of phenols is 1. The van der Waals surface area contributed by atoms with E-state index in [0.29, 0.717) is 17.5 Å². The molecule has 3 aromatic rings. The van der Waals surface area contributed by atoms with E-state index in [1.54, 1.807) is 24.3 Å². The highest BCUT2D eigenvalue weighted by atomic mass is 16.5. The van der Waals surface area contributed by atoms with Gasteiger partial charge >= 0.3 is 0 Å². The number of aliphatic hydroxyl groups is 1. The quantitative estimate of drug-likeness (QED) is 0.357. The van der Waals surface area contributed by atoms with E-state index in [1.807, 2.05) is 43.3 Å². The van der Waals surface area contributed by atoms with Crippen LogP contribution in [0.15, 0.2) is 78.4 Å². The molecular formula is C27H23NO5. The molecule has 1 amide bonds. The average molecular weight is 441 g/mol. The maximum absolute atomic E-state index is 13.2. The number of amides is 1. The number of benzene rings is 3. The lowest BCUT2D eigenvalue weighted by Gasteiger charge is -2.25. The highest BCUT2D eigenvalue weighted by molar-refractivity contribution is 6.46. The summed E-state index contributed by atoms with van der Waals surface area (Å²) in [7, 11) is 0. The minimum absolute atomic E-state index is 0.0357.